The maximum absolute atomic E-state index is 13.9. The Labute approximate surface area is 182 Å². The number of rotatable bonds is 7. The van der Waals surface area contributed by atoms with Gasteiger partial charge in [-0.15, -0.1) is 0 Å². The van der Waals surface area contributed by atoms with E-state index < -0.39 is 11.7 Å². The molecule has 4 aromatic rings. The summed E-state index contributed by atoms with van der Waals surface area (Å²) in [4.78, 5) is 24.7. The first-order chi connectivity index (χ1) is 15.5. The molecular formula is C22H19FN6O3. The molecule has 9 nitrogen and oxygen atoms in total. The lowest BCUT2D eigenvalue weighted by Gasteiger charge is -2.06. The van der Waals surface area contributed by atoms with Crippen LogP contribution in [-0.2, 0) is 11.3 Å². The second-order valence-corrected chi connectivity index (χ2v) is 6.75. The highest BCUT2D eigenvalue weighted by molar-refractivity contribution is 6.02. The summed E-state index contributed by atoms with van der Waals surface area (Å²) in [6.45, 7) is -0.0379. The van der Waals surface area contributed by atoms with Gasteiger partial charge in [0.1, 0.15) is 23.8 Å². The lowest BCUT2D eigenvalue weighted by molar-refractivity contribution is -0.116. The maximum atomic E-state index is 13.9. The predicted molar refractivity (Wildman–Crippen MR) is 115 cm³/mol. The van der Waals surface area contributed by atoms with Gasteiger partial charge in [-0.2, -0.15) is 10.2 Å². The summed E-state index contributed by atoms with van der Waals surface area (Å²) in [5, 5.41) is 13.6. The van der Waals surface area contributed by atoms with Crippen LogP contribution in [0.5, 0.6) is 5.75 Å². The fourth-order valence-electron chi connectivity index (χ4n) is 2.95. The zero-order chi connectivity index (χ0) is 22.5. The Bertz CT molecular complexity index is 1250. The second-order valence-electron chi connectivity index (χ2n) is 6.75. The molecule has 10 heteroatoms. The molecule has 162 valence electrons. The molecule has 0 saturated heterocycles. The molecule has 32 heavy (non-hydrogen) atoms. The minimum absolute atomic E-state index is 0.0379. The van der Waals surface area contributed by atoms with Crippen molar-refractivity contribution in [1.29, 1.82) is 0 Å². The molecule has 2 amide bonds. The van der Waals surface area contributed by atoms with Crippen LogP contribution in [0.15, 0.2) is 73.2 Å². The minimum Gasteiger partial charge on any atom is -0.497 e. The van der Waals surface area contributed by atoms with Crippen LogP contribution in [0, 0.1) is 5.82 Å². The fourth-order valence-corrected chi connectivity index (χ4v) is 2.95. The predicted octanol–water partition coefficient (Wildman–Crippen LogP) is 3.11. The molecule has 0 radical (unpaired) electrons. The number of hydrogen-bond donors (Lipinski definition) is 2. The third-order valence-electron chi connectivity index (χ3n) is 4.49. The van der Waals surface area contributed by atoms with E-state index in [0.717, 1.165) is 0 Å². The fraction of sp³-hybridized carbons (Fsp3) is 0.0909. The molecular weight excluding hydrogens is 415 g/mol. The van der Waals surface area contributed by atoms with Crippen LogP contribution in [-0.4, -0.2) is 38.5 Å². The van der Waals surface area contributed by atoms with E-state index in [0.29, 0.717) is 17.1 Å². The van der Waals surface area contributed by atoms with E-state index in [1.165, 1.54) is 40.1 Å². The van der Waals surface area contributed by atoms with Gasteiger partial charge in [-0.3, -0.25) is 14.3 Å². The van der Waals surface area contributed by atoms with Gasteiger partial charge in [0.15, 0.2) is 5.69 Å². The number of nitrogens with one attached hydrogen (secondary N) is 2. The van der Waals surface area contributed by atoms with Gasteiger partial charge in [-0.05, 0) is 42.5 Å². The van der Waals surface area contributed by atoms with Crippen LogP contribution in [0.25, 0.3) is 5.69 Å². The van der Waals surface area contributed by atoms with Gasteiger partial charge in [-0.25, -0.2) is 9.07 Å². The maximum Gasteiger partial charge on any atom is 0.276 e. The van der Waals surface area contributed by atoms with E-state index in [-0.39, 0.29) is 23.8 Å². The molecule has 2 aromatic heterocycles. The number of carbonyl (C=O) groups excluding carboxylic acids is 2. The van der Waals surface area contributed by atoms with Crippen molar-refractivity contribution in [2.45, 2.75) is 6.54 Å². The first kappa shape index (κ1) is 20.8. The number of halogens is 1. The molecule has 2 aromatic carbocycles. The van der Waals surface area contributed by atoms with Gasteiger partial charge in [0, 0.05) is 18.1 Å². The van der Waals surface area contributed by atoms with Crippen molar-refractivity contribution in [3.8, 4) is 11.4 Å². The highest BCUT2D eigenvalue weighted by atomic mass is 19.1. The van der Waals surface area contributed by atoms with Crippen LogP contribution in [0.4, 0.5) is 15.8 Å². The quantitative estimate of drug-likeness (QED) is 0.465. The molecule has 2 N–H and O–H groups in total. The van der Waals surface area contributed by atoms with E-state index in [2.05, 4.69) is 20.8 Å². The Kier molecular flexibility index (Phi) is 5.93. The summed E-state index contributed by atoms with van der Waals surface area (Å²) in [7, 11) is 1.57. The largest absolute Gasteiger partial charge is 0.497 e. The highest BCUT2D eigenvalue weighted by Crippen LogP contribution is 2.16. The van der Waals surface area contributed by atoms with Gasteiger partial charge in [0.2, 0.25) is 5.91 Å². The summed E-state index contributed by atoms with van der Waals surface area (Å²) in [6.07, 6.45) is 4.45. The Morgan fingerprint density at radius 3 is 2.56 bits per heavy atom. The van der Waals surface area contributed by atoms with Crippen molar-refractivity contribution in [2.75, 3.05) is 17.7 Å². The molecule has 2 heterocycles. The van der Waals surface area contributed by atoms with Gasteiger partial charge < -0.3 is 15.4 Å². The van der Waals surface area contributed by atoms with Gasteiger partial charge in [0.05, 0.1) is 19.0 Å². The molecule has 0 bridgehead atoms. The SMILES string of the molecule is COc1ccc(NC(=O)Cn2cc(NC(=O)c3ccn(-c4ccccc4F)n3)cn2)cc1. The minimum atomic E-state index is -0.484. The number of anilines is 2. The summed E-state index contributed by atoms with van der Waals surface area (Å²) in [5.74, 6) is -0.520. The number of ether oxygens (including phenoxy) is 1. The van der Waals surface area contributed by atoms with Crippen molar-refractivity contribution in [2.24, 2.45) is 0 Å². The van der Waals surface area contributed by atoms with Crippen LogP contribution in [0.2, 0.25) is 0 Å². The number of amides is 2. The van der Waals surface area contributed by atoms with Crippen LogP contribution in [0.3, 0.4) is 0 Å². The summed E-state index contributed by atoms with van der Waals surface area (Å²) in [6, 6.07) is 14.5. The monoisotopic (exact) mass is 434 g/mol. The Morgan fingerprint density at radius 2 is 1.81 bits per heavy atom. The topological polar surface area (TPSA) is 103 Å². The van der Waals surface area contributed by atoms with Gasteiger partial charge in [0.25, 0.3) is 5.91 Å². The second kappa shape index (κ2) is 9.13. The number of methoxy groups -OCH3 is 1. The number of benzene rings is 2. The zero-order valence-corrected chi connectivity index (χ0v) is 17.0. The lowest BCUT2D eigenvalue weighted by Crippen LogP contribution is -2.19. The number of hydrogen-bond acceptors (Lipinski definition) is 5. The molecule has 0 fully saturated rings. The van der Waals surface area contributed by atoms with Crippen LogP contribution < -0.4 is 15.4 Å². The average Bonchev–Trinajstić information content (AvgIpc) is 3.44. The smallest absolute Gasteiger partial charge is 0.276 e. The third kappa shape index (κ3) is 4.81. The van der Waals surface area contributed by atoms with Crippen molar-refractivity contribution >= 4 is 23.2 Å². The Balaban J connectivity index is 1.35. The number of aromatic nitrogens is 4. The van der Waals surface area contributed by atoms with Gasteiger partial charge >= 0.3 is 0 Å². The van der Waals surface area contributed by atoms with E-state index in [1.54, 1.807) is 49.6 Å². The van der Waals surface area contributed by atoms with E-state index in [4.69, 9.17) is 4.74 Å². The molecule has 0 aliphatic rings. The number of nitrogens with zero attached hydrogens (tertiary/aromatic N) is 4. The Hall–Kier alpha value is -4.47. The summed E-state index contributed by atoms with van der Waals surface area (Å²) < 4.78 is 21.7. The van der Waals surface area contributed by atoms with E-state index in [1.807, 2.05) is 0 Å². The first-order valence-corrected chi connectivity index (χ1v) is 9.60. The Morgan fingerprint density at radius 1 is 1.03 bits per heavy atom. The first-order valence-electron chi connectivity index (χ1n) is 9.60. The standard InChI is InChI=1S/C22H19FN6O3/c1-32-17-8-6-15(7-9-17)25-21(30)14-28-13-16(12-24-28)26-22(31)19-10-11-29(27-19)20-5-3-2-4-18(20)23/h2-13H,14H2,1H3,(H,25,30)(H,26,31). The molecule has 0 unspecified atom stereocenters. The highest BCUT2D eigenvalue weighted by Gasteiger charge is 2.14. The molecule has 0 aliphatic heterocycles. The molecule has 4 rings (SSSR count). The third-order valence-corrected chi connectivity index (χ3v) is 4.49. The van der Waals surface area contributed by atoms with Crippen molar-refractivity contribution < 1.29 is 18.7 Å². The normalized spacial score (nSPS) is 10.6. The molecule has 0 aliphatic carbocycles. The number of carbonyl (C=O) groups is 2. The van der Waals surface area contributed by atoms with Gasteiger partial charge in [-0.1, -0.05) is 12.1 Å². The van der Waals surface area contributed by atoms with Crippen molar-refractivity contribution in [3.63, 3.8) is 0 Å². The van der Waals surface area contributed by atoms with E-state index >= 15 is 0 Å². The lowest BCUT2D eigenvalue weighted by atomic mass is 10.3. The molecule has 0 spiro atoms. The van der Waals surface area contributed by atoms with Crippen LogP contribution in [0.1, 0.15) is 10.5 Å². The number of para-hydroxylation sites is 1. The molecule has 0 saturated carbocycles. The molecule has 0 atom stereocenters. The van der Waals surface area contributed by atoms with Crippen LogP contribution >= 0.6 is 0 Å². The van der Waals surface area contributed by atoms with Crippen molar-refractivity contribution in [3.05, 3.63) is 84.7 Å². The average molecular weight is 434 g/mol. The zero-order valence-electron chi connectivity index (χ0n) is 17.0. The summed E-state index contributed by atoms with van der Waals surface area (Å²) in [5.41, 5.74) is 1.37. The van der Waals surface area contributed by atoms with Crippen molar-refractivity contribution in [1.82, 2.24) is 19.6 Å². The summed E-state index contributed by atoms with van der Waals surface area (Å²) >= 11 is 0. The van der Waals surface area contributed by atoms with E-state index in [9.17, 15) is 14.0 Å².